The first-order chi connectivity index (χ1) is 6.53. The van der Waals surface area contributed by atoms with Gasteiger partial charge in [-0.15, -0.1) is 0 Å². The minimum absolute atomic E-state index is 0.278. The maximum Gasteiger partial charge on any atom is 0.377 e. The fourth-order valence-electron chi connectivity index (χ4n) is 0.938. The molecule has 0 fully saturated rings. The number of rotatable bonds is 4. The van der Waals surface area contributed by atoms with Gasteiger partial charge in [-0.1, -0.05) is 6.92 Å². The number of carbonyl (C=O) groups is 1. The zero-order valence-electron chi connectivity index (χ0n) is 8.15. The van der Waals surface area contributed by atoms with E-state index in [4.69, 9.17) is 15.4 Å². The minimum atomic E-state index is -1.20. The van der Waals surface area contributed by atoms with Crippen molar-refractivity contribution >= 4 is 5.97 Å². The quantitative estimate of drug-likeness (QED) is 0.727. The SMILES string of the molecule is CCC(C)(CN)c1nc(C(=O)O)no1. The van der Waals surface area contributed by atoms with Gasteiger partial charge in [0.15, 0.2) is 0 Å². The van der Waals surface area contributed by atoms with Gasteiger partial charge in [-0.3, -0.25) is 0 Å². The van der Waals surface area contributed by atoms with Crippen LogP contribution >= 0.6 is 0 Å². The average Bonchev–Trinajstić information content (AvgIpc) is 2.66. The fraction of sp³-hybridized carbons (Fsp3) is 0.625. The van der Waals surface area contributed by atoms with Gasteiger partial charge in [-0.2, -0.15) is 4.98 Å². The van der Waals surface area contributed by atoms with E-state index in [0.717, 1.165) is 0 Å². The predicted octanol–water partition coefficient (Wildman–Crippen LogP) is 0.394. The Labute approximate surface area is 81.1 Å². The molecule has 1 unspecified atom stereocenters. The van der Waals surface area contributed by atoms with Gasteiger partial charge in [0.05, 0.1) is 5.41 Å². The molecular weight excluding hydrogens is 186 g/mol. The highest BCUT2D eigenvalue weighted by Gasteiger charge is 2.30. The largest absolute Gasteiger partial charge is 0.475 e. The van der Waals surface area contributed by atoms with Crippen molar-refractivity contribution < 1.29 is 14.4 Å². The van der Waals surface area contributed by atoms with Crippen molar-refractivity contribution in [2.45, 2.75) is 25.7 Å². The van der Waals surface area contributed by atoms with Gasteiger partial charge in [0.25, 0.3) is 5.82 Å². The Hall–Kier alpha value is -1.43. The highest BCUT2D eigenvalue weighted by Crippen LogP contribution is 2.24. The second kappa shape index (κ2) is 3.75. The zero-order chi connectivity index (χ0) is 10.8. The van der Waals surface area contributed by atoms with Crippen molar-refractivity contribution in [1.82, 2.24) is 10.1 Å². The fourth-order valence-corrected chi connectivity index (χ4v) is 0.938. The summed E-state index contributed by atoms with van der Waals surface area (Å²) in [6, 6.07) is 0. The van der Waals surface area contributed by atoms with Gasteiger partial charge in [-0.05, 0) is 18.5 Å². The lowest BCUT2D eigenvalue weighted by atomic mass is 9.88. The van der Waals surface area contributed by atoms with Crippen molar-refractivity contribution in [3.63, 3.8) is 0 Å². The number of aromatic nitrogens is 2. The number of carboxylic acids is 1. The monoisotopic (exact) mass is 199 g/mol. The first kappa shape index (κ1) is 10.6. The Bertz CT molecular complexity index is 330. The van der Waals surface area contributed by atoms with Crippen molar-refractivity contribution in [2.75, 3.05) is 6.54 Å². The standard InChI is InChI=1S/C8H13N3O3/c1-3-8(2,4-9)7-10-5(6(12)13)11-14-7/h3-4,9H2,1-2H3,(H,12,13). The van der Waals surface area contributed by atoms with Gasteiger partial charge < -0.3 is 15.4 Å². The lowest BCUT2D eigenvalue weighted by molar-refractivity contribution is 0.0680. The molecule has 0 saturated heterocycles. The lowest BCUT2D eigenvalue weighted by Gasteiger charge is -2.20. The van der Waals surface area contributed by atoms with Crippen molar-refractivity contribution in [3.8, 4) is 0 Å². The van der Waals surface area contributed by atoms with Crippen LogP contribution in [0.5, 0.6) is 0 Å². The molecule has 14 heavy (non-hydrogen) atoms. The second-order valence-electron chi connectivity index (χ2n) is 3.35. The van der Waals surface area contributed by atoms with Crippen molar-refractivity contribution in [2.24, 2.45) is 5.73 Å². The first-order valence-corrected chi connectivity index (χ1v) is 4.31. The van der Waals surface area contributed by atoms with Crippen LogP contribution in [0.15, 0.2) is 4.52 Å². The summed E-state index contributed by atoms with van der Waals surface area (Å²) in [4.78, 5) is 14.3. The Morgan fingerprint density at radius 2 is 2.36 bits per heavy atom. The molecule has 78 valence electrons. The third-order valence-electron chi connectivity index (χ3n) is 2.36. The van der Waals surface area contributed by atoms with E-state index in [1.54, 1.807) is 0 Å². The van der Waals surface area contributed by atoms with Crippen LogP contribution in [0.3, 0.4) is 0 Å². The molecule has 0 amide bonds. The molecule has 0 spiro atoms. The van der Waals surface area contributed by atoms with Gasteiger partial charge in [0.1, 0.15) is 0 Å². The van der Waals surface area contributed by atoms with E-state index in [1.807, 2.05) is 13.8 Å². The van der Waals surface area contributed by atoms with Crippen LogP contribution < -0.4 is 5.73 Å². The molecule has 0 aliphatic heterocycles. The maximum absolute atomic E-state index is 10.5. The second-order valence-corrected chi connectivity index (χ2v) is 3.35. The van der Waals surface area contributed by atoms with Crippen LogP contribution in [0.4, 0.5) is 0 Å². The smallest absolute Gasteiger partial charge is 0.377 e. The normalized spacial score (nSPS) is 15.1. The summed E-state index contributed by atoms with van der Waals surface area (Å²) in [6.45, 7) is 4.12. The lowest BCUT2D eigenvalue weighted by Crippen LogP contribution is -2.31. The summed E-state index contributed by atoms with van der Waals surface area (Å²) in [5.74, 6) is -1.25. The van der Waals surface area contributed by atoms with E-state index in [2.05, 4.69) is 10.1 Å². The summed E-state index contributed by atoms with van der Waals surface area (Å²) >= 11 is 0. The summed E-state index contributed by atoms with van der Waals surface area (Å²) in [5, 5.41) is 11.9. The molecule has 1 rings (SSSR count). The summed E-state index contributed by atoms with van der Waals surface area (Å²) in [7, 11) is 0. The molecule has 0 saturated carbocycles. The van der Waals surface area contributed by atoms with Gasteiger partial charge in [0.2, 0.25) is 5.89 Å². The summed E-state index contributed by atoms with van der Waals surface area (Å²) < 4.78 is 4.85. The molecule has 1 heterocycles. The summed E-state index contributed by atoms with van der Waals surface area (Å²) in [5.41, 5.74) is 5.12. The molecule has 0 radical (unpaired) electrons. The molecule has 3 N–H and O–H groups in total. The minimum Gasteiger partial charge on any atom is -0.475 e. The number of nitrogens with zero attached hydrogens (tertiary/aromatic N) is 2. The number of hydrogen-bond acceptors (Lipinski definition) is 5. The third-order valence-corrected chi connectivity index (χ3v) is 2.36. The van der Waals surface area contributed by atoms with E-state index in [9.17, 15) is 4.79 Å². The van der Waals surface area contributed by atoms with Gasteiger partial charge in [-0.25, -0.2) is 4.79 Å². The number of carboxylic acid groups (broad SMARTS) is 1. The molecule has 0 aliphatic carbocycles. The molecule has 6 heteroatoms. The van der Waals surface area contributed by atoms with Crippen LogP contribution in [0.1, 0.15) is 36.8 Å². The Balaban J connectivity index is 3.01. The summed E-state index contributed by atoms with van der Waals surface area (Å²) in [6.07, 6.45) is 0.713. The van der Waals surface area contributed by atoms with Crippen LogP contribution in [-0.4, -0.2) is 27.8 Å². The highest BCUT2D eigenvalue weighted by atomic mass is 16.5. The van der Waals surface area contributed by atoms with Crippen LogP contribution in [0.2, 0.25) is 0 Å². The molecule has 1 atom stereocenters. The number of aromatic carboxylic acids is 1. The van der Waals surface area contributed by atoms with Crippen LogP contribution in [0.25, 0.3) is 0 Å². The predicted molar refractivity (Wildman–Crippen MR) is 48.0 cm³/mol. The molecular formula is C8H13N3O3. The zero-order valence-corrected chi connectivity index (χ0v) is 8.15. The van der Waals surface area contributed by atoms with Crippen molar-refractivity contribution in [3.05, 3.63) is 11.7 Å². The van der Waals surface area contributed by atoms with E-state index < -0.39 is 11.4 Å². The Morgan fingerprint density at radius 1 is 1.71 bits per heavy atom. The average molecular weight is 199 g/mol. The Morgan fingerprint density at radius 3 is 2.71 bits per heavy atom. The van der Waals surface area contributed by atoms with E-state index >= 15 is 0 Å². The highest BCUT2D eigenvalue weighted by molar-refractivity contribution is 5.82. The maximum atomic E-state index is 10.5. The molecule has 1 aromatic heterocycles. The number of hydrogen-bond donors (Lipinski definition) is 2. The Kier molecular flexibility index (Phi) is 2.85. The molecule has 0 aliphatic rings. The molecule has 1 aromatic rings. The van der Waals surface area contributed by atoms with E-state index in [0.29, 0.717) is 13.0 Å². The topological polar surface area (TPSA) is 102 Å². The number of nitrogens with two attached hydrogens (primary N) is 1. The van der Waals surface area contributed by atoms with Crippen LogP contribution in [-0.2, 0) is 5.41 Å². The van der Waals surface area contributed by atoms with E-state index in [-0.39, 0.29) is 11.7 Å². The van der Waals surface area contributed by atoms with Crippen molar-refractivity contribution in [1.29, 1.82) is 0 Å². The molecule has 0 bridgehead atoms. The molecule has 0 aromatic carbocycles. The van der Waals surface area contributed by atoms with Gasteiger partial charge in [0, 0.05) is 6.54 Å². The first-order valence-electron chi connectivity index (χ1n) is 4.31. The van der Waals surface area contributed by atoms with Crippen LogP contribution in [0, 0.1) is 0 Å². The third kappa shape index (κ3) is 1.74. The van der Waals surface area contributed by atoms with Gasteiger partial charge >= 0.3 is 5.97 Å². The molecule has 6 nitrogen and oxygen atoms in total. The van der Waals surface area contributed by atoms with E-state index in [1.165, 1.54) is 0 Å².